The van der Waals surface area contributed by atoms with Crippen molar-refractivity contribution in [1.82, 2.24) is 0 Å². The van der Waals surface area contributed by atoms with E-state index in [9.17, 15) is 0 Å². The number of nitrogens with one attached hydrogen (secondary N) is 1. The minimum absolute atomic E-state index is 0.0159. The highest BCUT2D eigenvalue weighted by Gasteiger charge is 2.08. The highest BCUT2D eigenvalue weighted by atomic mass is 16.5. The Kier molecular flexibility index (Phi) is 7.63. The molecule has 0 spiro atoms. The van der Waals surface area contributed by atoms with Gasteiger partial charge in [0.25, 0.3) is 0 Å². The lowest BCUT2D eigenvalue weighted by Crippen LogP contribution is -2.23. The van der Waals surface area contributed by atoms with Crippen molar-refractivity contribution in [2.24, 2.45) is 0 Å². The van der Waals surface area contributed by atoms with Crippen molar-refractivity contribution in [3.8, 4) is 23.0 Å². The minimum atomic E-state index is -0.0159. The lowest BCUT2D eigenvalue weighted by Gasteiger charge is -2.18. The van der Waals surface area contributed by atoms with Gasteiger partial charge in [-0.25, -0.2) is 0 Å². The molecule has 3 aromatic rings. The molecule has 0 aliphatic rings. The first-order valence-electron chi connectivity index (χ1n) is 9.69. The normalized spacial score (nSPS) is 11.4. The maximum Gasteiger partial charge on any atom is 0.142 e. The summed E-state index contributed by atoms with van der Waals surface area (Å²) in [4.78, 5) is 0. The van der Waals surface area contributed by atoms with Crippen molar-refractivity contribution in [3.63, 3.8) is 0 Å². The van der Waals surface area contributed by atoms with Gasteiger partial charge in [-0.15, -0.1) is 0 Å². The molecule has 0 heterocycles. The van der Waals surface area contributed by atoms with Gasteiger partial charge in [-0.05, 0) is 55.5 Å². The Morgan fingerprint density at radius 1 is 0.724 bits per heavy atom. The first kappa shape index (κ1) is 20.4. The summed E-state index contributed by atoms with van der Waals surface area (Å²) in [5.41, 5.74) is 0.928. The predicted octanol–water partition coefficient (Wildman–Crippen LogP) is 5.03. The van der Waals surface area contributed by atoms with E-state index in [4.69, 9.17) is 18.9 Å². The molecule has 1 atom stereocenters. The lowest BCUT2D eigenvalue weighted by atomic mass is 10.2. The Labute approximate surface area is 172 Å². The summed E-state index contributed by atoms with van der Waals surface area (Å²) < 4.78 is 22.7. The fourth-order valence-electron chi connectivity index (χ4n) is 2.75. The van der Waals surface area contributed by atoms with Crippen LogP contribution in [0.4, 0.5) is 5.69 Å². The van der Waals surface area contributed by atoms with Crippen LogP contribution in [0.3, 0.4) is 0 Å². The van der Waals surface area contributed by atoms with Gasteiger partial charge in [0, 0.05) is 0 Å². The molecule has 0 aromatic heterocycles. The molecule has 1 unspecified atom stereocenters. The van der Waals surface area contributed by atoms with Crippen molar-refractivity contribution < 1.29 is 18.9 Å². The van der Waals surface area contributed by atoms with Crippen LogP contribution in [0.2, 0.25) is 0 Å². The Bertz CT molecular complexity index is 852. The van der Waals surface area contributed by atoms with E-state index in [1.54, 1.807) is 7.11 Å². The molecular weight excluding hydrogens is 366 g/mol. The van der Waals surface area contributed by atoms with E-state index in [1.165, 1.54) is 0 Å². The number of hydrogen-bond donors (Lipinski definition) is 1. The maximum atomic E-state index is 5.94. The molecule has 0 bridgehead atoms. The fourth-order valence-corrected chi connectivity index (χ4v) is 2.75. The molecule has 0 saturated carbocycles. The summed E-state index contributed by atoms with van der Waals surface area (Å²) in [7, 11) is 1.65. The molecule has 0 aliphatic heterocycles. The summed E-state index contributed by atoms with van der Waals surface area (Å²) in [6.45, 7) is 3.61. The molecule has 3 rings (SSSR count). The average Bonchev–Trinajstić information content (AvgIpc) is 2.77. The van der Waals surface area contributed by atoms with Crippen LogP contribution in [0.1, 0.15) is 6.92 Å². The van der Waals surface area contributed by atoms with Gasteiger partial charge < -0.3 is 24.3 Å². The van der Waals surface area contributed by atoms with Crippen LogP contribution in [0, 0.1) is 0 Å². The molecule has 3 aromatic carbocycles. The summed E-state index contributed by atoms with van der Waals surface area (Å²) in [6.07, 6.45) is -0.0159. The number of ether oxygens (including phenoxy) is 4. The van der Waals surface area contributed by atoms with Crippen LogP contribution in [0.5, 0.6) is 23.0 Å². The zero-order valence-corrected chi connectivity index (χ0v) is 16.8. The quantitative estimate of drug-likeness (QED) is 0.463. The van der Waals surface area contributed by atoms with Gasteiger partial charge in [0.1, 0.15) is 42.3 Å². The molecule has 0 radical (unpaired) electrons. The molecule has 29 heavy (non-hydrogen) atoms. The SMILES string of the molecule is COc1ccc(OC(C)CNc2ccccc2OCCOc2ccccc2)cc1. The standard InChI is InChI=1S/C24H27NO4/c1-19(29-22-14-12-20(26-2)13-15-22)18-25-23-10-6-7-11-24(23)28-17-16-27-21-8-4-3-5-9-21/h3-15,19,25H,16-18H2,1-2H3. The van der Waals surface area contributed by atoms with Gasteiger partial charge in [0.05, 0.1) is 19.3 Å². The van der Waals surface area contributed by atoms with Crippen LogP contribution in [-0.4, -0.2) is 33.0 Å². The molecule has 0 aliphatic carbocycles. The lowest BCUT2D eigenvalue weighted by molar-refractivity contribution is 0.217. The molecule has 5 heteroatoms. The van der Waals surface area contributed by atoms with Gasteiger partial charge in [0.15, 0.2) is 0 Å². The number of methoxy groups -OCH3 is 1. The van der Waals surface area contributed by atoms with Crippen LogP contribution in [0.25, 0.3) is 0 Å². The number of benzene rings is 3. The fraction of sp³-hybridized carbons (Fsp3) is 0.250. The predicted molar refractivity (Wildman–Crippen MR) is 115 cm³/mol. The Morgan fingerprint density at radius 3 is 2.14 bits per heavy atom. The largest absolute Gasteiger partial charge is 0.497 e. The molecule has 152 valence electrons. The van der Waals surface area contributed by atoms with Gasteiger partial charge in [-0.2, -0.15) is 0 Å². The van der Waals surface area contributed by atoms with Gasteiger partial charge in [0.2, 0.25) is 0 Å². The summed E-state index contributed by atoms with van der Waals surface area (Å²) >= 11 is 0. The molecule has 0 amide bonds. The second-order valence-electron chi connectivity index (χ2n) is 6.49. The number of hydrogen-bond acceptors (Lipinski definition) is 5. The van der Waals surface area contributed by atoms with Crippen LogP contribution in [-0.2, 0) is 0 Å². The van der Waals surface area contributed by atoms with E-state index in [1.807, 2.05) is 85.8 Å². The highest BCUT2D eigenvalue weighted by molar-refractivity contribution is 5.56. The minimum Gasteiger partial charge on any atom is -0.497 e. The van der Waals surface area contributed by atoms with Crippen LogP contribution < -0.4 is 24.3 Å². The van der Waals surface area contributed by atoms with Gasteiger partial charge in [-0.3, -0.25) is 0 Å². The topological polar surface area (TPSA) is 49.0 Å². The van der Waals surface area contributed by atoms with E-state index >= 15 is 0 Å². The van der Waals surface area contributed by atoms with E-state index in [2.05, 4.69) is 5.32 Å². The Balaban J connectivity index is 1.45. The Morgan fingerprint density at radius 2 is 1.38 bits per heavy atom. The summed E-state index contributed by atoms with van der Waals surface area (Å²) in [6, 6.07) is 25.2. The second-order valence-corrected chi connectivity index (χ2v) is 6.49. The summed E-state index contributed by atoms with van der Waals surface area (Å²) in [5, 5.41) is 3.40. The van der Waals surface area contributed by atoms with Crippen molar-refractivity contribution in [3.05, 3.63) is 78.9 Å². The highest BCUT2D eigenvalue weighted by Crippen LogP contribution is 2.24. The second kappa shape index (κ2) is 10.9. The smallest absolute Gasteiger partial charge is 0.142 e. The summed E-state index contributed by atoms with van der Waals surface area (Å²) in [5.74, 6) is 3.25. The molecule has 1 N–H and O–H groups in total. The zero-order valence-electron chi connectivity index (χ0n) is 16.8. The molecule has 0 saturated heterocycles. The third-order valence-electron chi connectivity index (χ3n) is 4.22. The van der Waals surface area contributed by atoms with Crippen molar-refractivity contribution >= 4 is 5.69 Å². The average molecular weight is 393 g/mol. The van der Waals surface area contributed by atoms with E-state index < -0.39 is 0 Å². The van der Waals surface area contributed by atoms with E-state index in [0.717, 1.165) is 28.7 Å². The third-order valence-corrected chi connectivity index (χ3v) is 4.22. The zero-order chi connectivity index (χ0) is 20.3. The van der Waals surface area contributed by atoms with Gasteiger partial charge >= 0.3 is 0 Å². The molecule has 5 nitrogen and oxygen atoms in total. The monoisotopic (exact) mass is 393 g/mol. The van der Waals surface area contributed by atoms with E-state index in [-0.39, 0.29) is 6.10 Å². The first-order valence-corrected chi connectivity index (χ1v) is 9.69. The van der Waals surface area contributed by atoms with E-state index in [0.29, 0.717) is 19.8 Å². The maximum absolute atomic E-state index is 5.94. The van der Waals surface area contributed by atoms with Crippen molar-refractivity contribution in [2.75, 3.05) is 32.2 Å². The van der Waals surface area contributed by atoms with Crippen molar-refractivity contribution in [2.45, 2.75) is 13.0 Å². The number of anilines is 1. The number of para-hydroxylation sites is 3. The van der Waals surface area contributed by atoms with Gasteiger partial charge in [-0.1, -0.05) is 30.3 Å². The first-order chi connectivity index (χ1) is 14.2. The Hall–Kier alpha value is -3.34. The third kappa shape index (κ3) is 6.64. The molecular formula is C24H27NO4. The molecule has 0 fully saturated rings. The van der Waals surface area contributed by atoms with Crippen LogP contribution in [0.15, 0.2) is 78.9 Å². The number of rotatable bonds is 11. The van der Waals surface area contributed by atoms with Crippen molar-refractivity contribution in [1.29, 1.82) is 0 Å². The van der Waals surface area contributed by atoms with Crippen LogP contribution >= 0.6 is 0 Å².